The lowest BCUT2D eigenvalue weighted by Gasteiger charge is -2.14. The van der Waals surface area contributed by atoms with Crippen LogP contribution in [0.5, 0.6) is 0 Å². The number of hydrogen-bond donors (Lipinski definition) is 1. The van der Waals surface area contributed by atoms with Crippen LogP contribution in [-0.4, -0.2) is 22.9 Å². The maximum atomic E-state index is 13.2. The van der Waals surface area contributed by atoms with Crippen molar-refractivity contribution in [2.45, 2.75) is 32.4 Å². The number of carbonyl (C=O) groups is 1. The highest BCUT2D eigenvalue weighted by atomic mass is 19.4. The summed E-state index contributed by atoms with van der Waals surface area (Å²) >= 11 is 0. The Morgan fingerprint density at radius 2 is 1.73 bits per heavy atom. The van der Waals surface area contributed by atoms with Crippen molar-refractivity contribution in [3.8, 4) is 5.69 Å². The van der Waals surface area contributed by atoms with E-state index < -0.39 is 17.7 Å². The molecule has 1 N–H and O–H groups in total. The number of carbonyl (C=O) groups excluding carboxylic acids is 1. The van der Waals surface area contributed by atoms with Crippen molar-refractivity contribution in [1.29, 1.82) is 0 Å². The molecular formula is C22H22F3N3O2. The Balaban J connectivity index is 2.13. The molecule has 0 aliphatic rings. The number of methoxy groups -OCH3 is 1. The van der Waals surface area contributed by atoms with Crippen LogP contribution in [0.1, 0.15) is 42.4 Å². The maximum absolute atomic E-state index is 13.2. The van der Waals surface area contributed by atoms with Crippen molar-refractivity contribution >= 4 is 17.5 Å². The number of esters is 1. The monoisotopic (exact) mass is 417 g/mol. The average molecular weight is 417 g/mol. The molecule has 8 heteroatoms. The fourth-order valence-electron chi connectivity index (χ4n) is 2.87. The number of rotatable bonds is 4. The molecule has 0 saturated carbocycles. The number of halogens is 3. The van der Waals surface area contributed by atoms with Crippen LogP contribution in [0.15, 0.2) is 54.6 Å². The topological polar surface area (TPSA) is 56.1 Å². The van der Waals surface area contributed by atoms with Gasteiger partial charge < -0.3 is 10.1 Å². The summed E-state index contributed by atoms with van der Waals surface area (Å²) in [5.74, 6) is -0.102. The number of nitrogens with zero attached hydrogens (tertiary/aromatic N) is 2. The Kier molecular flexibility index (Phi) is 5.61. The molecule has 0 unspecified atom stereocenters. The van der Waals surface area contributed by atoms with Gasteiger partial charge in [0.25, 0.3) is 0 Å². The molecule has 1 heterocycles. The Hall–Kier alpha value is -3.29. The first kappa shape index (κ1) is 21.4. The Bertz CT molecular complexity index is 1070. The van der Waals surface area contributed by atoms with Crippen LogP contribution < -0.4 is 5.32 Å². The molecule has 3 aromatic rings. The molecule has 0 aliphatic carbocycles. The number of aromatic nitrogens is 2. The van der Waals surface area contributed by atoms with Crippen molar-refractivity contribution in [2.24, 2.45) is 0 Å². The third-order valence-corrected chi connectivity index (χ3v) is 4.49. The van der Waals surface area contributed by atoms with Crippen molar-refractivity contribution < 1.29 is 22.7 Å². The molecule has 0 radical (unpaired) electrons. The lowest BCUT2D eigenvalue weighted by atomic mass is 9.92. The molecule has 0 spiro atoms. The zero-order valence-corrected chi connectivity index (χ0v) is 17.0. The minimum Gasteiger partial charge on any atom is -0.465 e. The number of benzene rings is 2. The summed E-state index contributed by atoms with van der Waals surface area (Å²) in [7, 11) is 1.28. The minimum absolute atomic E-state index is 0.248. The highest BCUT2D eigenvalue weighted by molar-refractivity contribution is 5.96. The van der Waals surface area contributed by atoms with Crippen LogP contribution in [0.25, 0.3) is 5.69 Å². The molecule has 5 nitrogen and oxygen atoms in total. The van der Waals surface area contributed by atoms with Crippen LogP contribution >= 0.6 is 0 Å². The van der Waals surface area contributed by atoms with Gasteiger partial charge in [-0.1, -0.05) is 39.0 Å². The molecule has 0 saturated heterocycles. The number of para-hydroxylation sites is 1. The highest BCUT2D eigenvalue weighted by Crippen LogP contribution is 2.33. The van der Waals surface area contributed by atoms with Gasteiger partial charge in [0.15, 0.2) is 0 Å². The SMILES string of the molecule is COC(=O)c1ccccc1Nc1cc(C(C)(C)C)nn1-c1cccc(C(F)(F)F)c1. The van der Waals surface area contributed by atoms with Crippen LogP contribution in [0.2, 0.25) is 0 Å². The maximum Gasteiger partial charge on any atom is 0.416 e. The molecule has 0 atom stereocenters. The molecule has 3 rings (SSSR count). The molecule has 2 aromatic carbocycles. The van der Waals surface area contributed by atoms with E-state index in [1.807, 2.05) is 20.8 Å². The first-order valence-electron chi connectivity index (χ1n) is 9.23. The number of anilines is 2. The van der Waals surface area contributed by atoms with Crippen LogP contribution in [0.4, 0.5) is 24.7 Å². The predicted octanol–water partition coefficient (Wildman–Crippen LogP) is 5.72. The second-order valence-corrected chi connectivity index (χ2v) is 7.79. The fourth-order valence-corrected chi connectivity index (χ4v) is 2.87. The standard InChI is InChI=1S/C22H22F3N3O2/c1-21(2,3)18-13-19(26-17-11-6-5-10-16(17)20(29)30-4)28(27-18)15-9-7-8-14(12-15)22(23,24)25/h5-13,26H,1-4H3. The summed E-state index contributed by atoms with van der Waals surface area (Å²) in [6.45, 7) is 5.87. The van der Waals surface area contributed by atoms with Gasteiger partial charge in [0.05, 0.1) is 35.3 Å². The second-order valence-electron chi connectivity index (χ2n) is 7.79. The second kappa shape index (κ2) is 7.85. The summed E-state index contributed by atoms with van der Waals surface area (Å²) in [6.07, 6.45) is -4.47. The van der Waals surface area contributed by atoms with E-state index in [1.54, 1.807) is 36.4 Å². The van der Waals surface area contributed by atoms with Gasteiger partial charge in [0.2, 0.25) is 0 Å². The smallest absolute Gasteiger partial charge is 0.416 e. The number of ether oxygens (including phenoxy) is 1. The molecule has 0 bridgehead atoms. The molecule has 158 valence electrons. The number of hydrogen-bond acceptors (Lipinski definition) is 4. The van der Waals surface area contributed by atoms with E-state index in [4.69, 9.17) is 4.74 Å². The number of alkyl halides is 3. The largest absolute Gasteiger partial charge is 0.465 e. The summed E-state index contributed by atoms with van der Waals surface area (Å²) in [5.41, 5.74) is 0.572. The summed E-state index contributed by atoms with van der Waals surface area (Å²) < 4.78 is 45.9. The van der Waals surface area contributed by atoms with Crippen molar-refractivity contribution in [3.05, 3.63) is 71.4 Å². The third-order valence-electron chi connectivity index (χ3n) is 4.49. The van der Waals surface area contributed by atoms with Gasteiger partial charge in [0.1, 0.15) is 5.82 Å². The average Bonchev–Trinajstić information content (AvgIpc) is 3.11. The van der Waals surface area contributed by atoms with E-state index in [1.165, 1.54) is 17.9 Å². The quantitative estimate of drug-likeness (QED) is 0.552. The number of nitrogens with one attached hydrogen (secondary N) is 1. The summed E-state index contributed by atoms with van der Waals surface area (Å²) in [6, 6.07) is 13.4. The van der Waals surface area contributed by atoms with Crippen LogP contribution in [0, 0.1) is 0 Å². The first-order valence-corrected chi connectivity index (χ1v) is 9.23. The molecular weight excluding hydrogens is 395 g/mol. The molecule has 0 fully saturated rings. The van der Waals surface area contributed by atoms with Crippen LogP contribution in [-0.2, 0) is 16.3 Å². The van der Waals surface area contributed by atoms with E-state index in [2.05, 4.69) is 10.4 Å². The summed E-state index contributed by atoms with van der Waals surface area (Å²) in [4.78, 5) is 12.1. The van der Waals surface area contributed by atoms with E-state index >= 15 is 0 Å². The fraction of sp³-hybridized carbons (Fsp3) is 0.273. The van der Waals surface area contributed by atoms with E-state index in [-0.39, 0.29) is 11.1 Å². The van der Waals surface area contributed by atoms with Crippen LogP contribution in [0.3, 0.4) is 0 Å². The van der Waals surface area contributed by atoms with E-state index in [0.29, 0.717) is 22.8 Å². The lowest BCUT2D eigenvalue weighted by Crippen LogP contribution is -2.13. The molecule has 1 aromatic heterocycles. The third kappa shape index (κ3) is 4.48. The van der Waals surface area contributed by atoms with Gasteiger partial charge in [-0.2, -0.15) is 18.3 Å². The first-order chi connectivity index (χ1) is 14.0. The Morgan fingerprint density at radius 3 is 2.37 bits per heavy atom. The van der Waals surface area contributed by atoms with E-state index in [0.717, 1.165) is 12.1 Å². The Morgan fingerprint density at radius 1 is 1.03 bits per heavy atom. The molecule has 0 amide bonds. The molecule has 0 aliphatic heterocycles. The minimum atomic E-state index is -4.47. The van der Waals surface area contributed by atoms with Gasteiger partial charge >= 0.3 is 12.1 Å². The van der Waals surface area contributed by atoms with Gasteiger partial charge in [-0.3, -0.25) is 0 Å². The normalized spacial score (nSPS) is 12.0. The highest BCUT2D eigenvalue weighted by Gasteiger charge is 2.31. The van der Waals surface area contributed by atoms with Crippen molar-refractivity contribution in [2.75, 3.05) is 12.4 Å². The van der Waals surface area contributed by atoms with Gasteiger partial charge in [-0.25, -0.2) is 9.48 Å². The van der Waals surface area contributed by atoms with Gasteiger partial charge in [-0.15, -0.1) is 0 Å². The summed E-state index contributed by atoms with van der Waals surface area (Å²) in [5, 5.41) is 7.66. The molecule has 30 heavy (non-hydrogen) atoms. The predicted molar refractivity (Wildman–Crippen MR) is 108 cm³/mol. The Labute approximate surface area is 172 Å². The zero-order valence-electron chi connectivity index (χ0n) is 17.0. The van der Waals surface area contributed by atoms with Gasteiger partial charge in [0, 0.05) is 11.5 Å². The lowest BCUT2D eigenvalue weighted by molar-refractivity contribution is -0.137. The van der Waals surface area contributed by atoms with Crippen molar-refractivity contribution in [3.63, 3.8) is 0 Å². The van der Waals surface area contributed by atoms with Crippen molar-refractivity contribution in [1.82, 2.24) is 9.78 Å². The van der Waals surface area contributed by atoms with E-state index in [9.17, 15) is 18.0 Å². The zero-order chi connectivity index (χ0) is 22.1. The van der Waals surface area contributed by atoms with Gasteiger partial charge in [-0.05, 0) is 30.3 Å².